The number of aryl methyl sites for hydroxylation is 1. The van der Waals surface area contributed by atoms with Gasteiger partial charge in [-0.15, -0.1) is 0 Å². The van der Waals surface area contributed by atoms with Gasteiger partial charge in [0.2, 0.25) is 5.91 Å². The first-order chi connectivity index (χ1) is 15.8. The molecule has 0 bridgehead atoms. The van der Waals surface area contributed by atoms with E-state index in [0.29, 0.717) is 0 Å². The Hall–Kier alpha value is -3.38. The summed E-state index contributed by atoms with van der Waals surface area (Å²) in [5, 5.41) is 9.58. The molecule has 33 heavy (non-hydrogen) atoms. The number of carbonyl (C=O) groups is 1. The minimum atomic E-state index is -0.449. The predicted molar refractivity (Wildman–Crippen MR) is 131 cm³/mol. The van der Waals surface area contributed by atoms with Crippen molar-refractivity contribution in [2.75, 3.05) is 13.7 Å². The van der Waals surface area contributed by atoms with Gasteiger partial charge in [-0.2, -0.15) is 5.10 Å². The van der Waals surface area contributed by atoms with Crippen LogP contribution in [0, 0.1) is 12.3 Å². The normalized spacial score (nSPS) is 13.8. The summed E-state index contributed by atoms with van der Waals surface area (Å²) in [7, 11) is 1.70. The lowest BCUT2D eigenvalue weighted by Crippen LogP contribution is -2.25. The van der Waals surface area contributed by atoms with Gasteiger partial charge in [-0.3, -0.25) is 9.36 Å². The van der Waals surface area contributed by atoms with Crippen molar-refractivity contribution >= 4 is 16.8 Å². The van der Waals surface area contributed by atoms with Gasteiger partial charge >= 0.3 is 0 Å². The summed E-state index contributed by atoms with van der Waals surface area (Å²) in [5.74, 6) is 0.883. The van der Waals surface area contributed by atoms with Crippen molar-refractivity contribution in [3.8, 4) is 22.7 Å². The van der Waals surface area contributed by atoms with E-state index in [-0.39, 0.29) is 5.91 Å². The van der Waals surface area contributed by atoms with Crippen LogP contribution in [0.3, 0.4) is 0 Å². The first-order valence-corrected chi connectivity index (χ1v) is 11.4. The minimum absolute atomic E-state index is 0.0847. The van der Waals surface area contributed by atoms with Gasteiger partial charge in [0.05, 0.1) is 24.0 Å². The van der Waals surface area contributed by atoms with Crippen LogP contribution in [-0.4, -0.2) is 33.9 Å². The lowest BCUT2D eigenvalue weighted by atomic mass is 9.95. The standard InChI is InChI=1S/C27H30N4O2/c1-17-7-6-8-23(33-5)24(17)31-25(20-16-28-13-11-21(20)29-31)19-9-10-22-18(15-19)12-14-30(22)26(32)27(2,3)4/h6-10,12,14-15,28H,11,13,16H2,1-5H3. The molecule has 2 aromatic carbocycles. The van der Waals surface area contributed by atoms with Gasteiger partial charge in [-0.05, 0) is 36.8 Å². The molecular weight excluding hydrogens is 412 g/mol. The van der Waals surface area contributed by atoms with Crippen LogP contribution in [0.4, 0.5) is 0 Å². The lowest BCUT2D eigenvalue weighted by Gasteiger charge is -2.18. The van der Waals surface area contributed by atoms with E-state index in [1.807, 2.05) is 55.9 Å². The van der Waals surface area contributed by atoms with E-state index in [1.54, 1.807) is 11.7 Å². The van der Waals surface area contributed by atoms with Crippen molar-refractivity contribution < 1.29 is 9.53 Å². The molecule has 0 radical (unpaired) electrons. The Morgan fingerprint density at radius 1 is 1.15 bits per heavy atom. The van der Waals surface area contributed by atoms with Crippen LogP contribution in [0.25, 0.3) is 27.8 Å². The molecule has 1 aliphatic heterocycles. The van der Waals surface area contributed by atoms with Crippen molar-refractivity contribution in [3.05, 3.63) is 65.5 Å². The number of benzene rings is 2. The average molecular weight is 443 g/mol. The van der Waals surface area contributed by atoms with E-state index in [1.165, 1.54) is 5.56 Å². The third-order valence-corrected chi connectivity index (χ3v) is 6.36. The third kappa shape index (κ3) is 3.55. The van der Waals surface area contributed by atoms with E-state index in [2.05, 4.69) is 30.4 Å². The van der Waals surface area contributed by atoms with Crippen LogP contribution in [0.5, 0.6) is 5.75 Å². The first-order valence-electron chi connectivity index (χ1n) is 11.4. The van der Waals surface area contributed by atoms with Gasteiger partial charge < -0.3 is 10.1 Å². The van der Waals surface area contributed by atoms with E-state index in [0.717, 1.165) is 64.4 Å². The molecule has 0 amide bonds. The smallest absolute Gasteiger partial charge is 0.236 e. The molecule has 1 aliphatic rings. The Morgan fingerprint density at radius 2 is 1.97 bits per heavy atom. The summed E-state index contributed by atoms with van der Waals surface area (Å²) in [6.07, 6.45) is 2.77. The highest BCUT2D eigenvalue weighted by Gasteiger charge is 2.26. The third-order valence-electron chi connectivity index (χ3n) is 6.36. The van der Waals surface area contributed by atoms with Crippen LogP contribution < -0.4 is 10.1 Å². The molecule has 4 aromatic rings. The van der Waals surface area contributed by atoms with Gasteiger partial charge in [-0.25, -0.2) is 4.68 Å². The molecule has 0 fully saturated rings. The van der Waals surface area contributed by atoms with E-state index in [4.69, 9.17) is 9.84 Å². The molecule has 0 aliphatic carbocycles. The Kier molecular flexibility index (Phi) is 5.13. The zero-order chi connectivity index (χ0) is 23.3. The van der Waals surface area contributed by atoms with Gasteiger partial charge in [-0.1, -0.05) is 39.0 Å². The van der Waals surface area contributed by atoms with Crippen molar-refractivity contribution in [1.29, 1.82) is 0 Å². The largest absolute Gasteiger partial charge is 0.494 e. The van der Waals surface area contributed by atoms with E-state index < -0.39 is 5.41 Å². The van der Waals surface area contributed by atoms with Crippen LogP contribution in [0.2, 0.25) is 0 Å². The molecule has 0 saturated heterocycles. The van der Waals surface area contributed by atoms with Crippen molar-refractivity contribution in [2.24, 2.45) is 5.41 Å². The summed E-state index contributed by atoms with van der Waals surface area (Å²) in [6, 6.07) is 14.4. The Morgan fingerprint density at radius 3 is 2.73 bits per heavy atom. The second-order valence-electron chi connectivity index (χ2n) is 9.75. The van der Waals surface area contributed by atoms with Crippen molar-refractivity contribution in [3.63, 3.8) is 0 Å². The molecule has 2 aromatic heterocycles. The molecule has 6 heteroatoms. The van der Waals surface area contributed by atoms with Gasteiger partial charge in [0, 0.05) is 47.6 Å². The zero-order valence-corrected chi connectivity index (χ0v) is 19.9. The molecule has 6 nitrogen and oxygen atoms in total. The van der Waals surface area contributed by atoms with Gasteiger partial charge in [0.15, 0.2) is 0 Å². The summed E-state index contributed by atoms with van der Waals surface area (Å²) >= 11 is 0. The highest BCUT2D eigenvalue weighted by molar-refractivity contribution is 5.96. The fraction of sp³-hybridized carbons (Fsp3) is 0.333. The minimum Gasteiger partial charge on any atom is -0.494 e. The molecule has 3 heterocycles. The molecule has 1 N–H and O–H groups in total. The number of ether oxygens (including phenoxy) is 1. The second-order valence-corrected chi connectivity index (χ2v) is 9.75. The summed E-state index contributed by atoms with van der Waals surface area (Å²) in [6.45, 7) is 9.63. The average Bonchev–Trinajstić information content (AvgIpc) is 3.38. The van der Waals surface area contributed by atoms with Crippen LogP contribution >= 0.6 is 0 Å². The number of methoxy groups -OCH3 is 1. The number of para-hydroxylation sites is 1. The fourth-order valence-electron chi connectivity index (χ4n) is 4.66. The summed E-state index contributed by atoms with van der Waals surface area (Å²) in [4.78, 5) is 12.9. The number of hydrogen-bond donors (Lipinski definition) is 1. The quantitative estimate of drug-likeness (QED) is 0.477. The Balaban J connectivity index is 1.72. The molecular formula is C27H30N4O2. The maximum Gasteiger partial charge on any atom is 0.236 e. The number of carbonyl (C=O) groups excluding carboxylic acids is 1. The number of nitrogens with one attached hydrogen (secondary N) is 1. The molecule has 170 valence electrons. The predicted octanol–water partition coefficient (Wildman–Crippen LogP) is 5.14. The fourth-order valence-corrected chi connectivity index (χ4v) is 4.66. The number of nitrogens with zero attached hydrogens (tertiary/aromatic N) is 3. The van der Waals surface area contributed by atoms with E-state index >= 15 is 0 Å². The van der Waals surface area contributed by atoms with Crippen molar-refractivity contribution in [1.82, 2.24) is 19.7 Å². The topological polar surface area (TPSA) is 61.1 Å². The highest BCUT2D eigenvalue weighted by Crippen LogP contribution is 2.37. The summed E-state index contributed by atoms with van der Waals surface area (Å²) < 4.78 is 9.53. The number of rotatable bonds is 3. The molecule has 0 atom stereocenters. The van der Waals surface area contributed by atoms with Crippen LogP contribution in [-0.2, 0) is 13.0 Å². The number of aromatic nitrogens is 3. The van der Waals surface area contributed by atoms with Crippen molar-refractivity contribution in [2.45, 2.75) is 40.7 Å². The Labute approximate surface area is 194 Å². The van der Waals surface area contributed by atoms with Crippen LogP contribution in [0.1, 0.15) is 42.4 Å². The number of fused-ring (bicyclic) bond motifs is 2. The lowest BCUT2D eigenvalue weighted by molar-refractivity contribution is 0.0772. The van der Waals surface area contributed by atoms with E-state index in [9.17, 15) is 4.79 Å². The molecule has 0 unspecified atom stereocenters. The SMILES string of the molecule is COc1cccc(C)c1-n1nc2c(c1-c1ccc3c(ccn3C(=O)C(C)(C)C)c1)CNCC2. The zero-order valence-electron chi connectivity index (χ0n) is 19.9. The maximum absolute atomic E-state index is 12.9. The van der Waals surface area contributed by atoms with Crippen LogP contribution in [0.15, 0.2) is 48.7 Å². The number of hydrogen-bond acceptors (Lipinski definition) is 4. The molecule has 0 spiro atoms. The summed E-state index contributed by atoms with van der Waals surface area (Å²) in [5.41, 5.74) is 7.02. The monoisotopic (exact) mass is 442 g/mol. The molecule has 5 rings (SSSR count). The highest BCUT2D eigenvalue weighted by atomic mass is 16.5. The van der Waals surface area contributed by atoms with Gasteiger partial charge in [0.25, 0.3) is 0 Å². The maximum atomic E-state index is 12.9. The molecule has 0 saturated carbocycles. The second kappa shape index (κ2) is 7.89. The first kappa shape index (κ1) is 21.5. The Bertz CT molecular complexity index is 1370. The van der Waals surface area contributed by atoms with Gasteiger partial charge in [0.1, 0.15) is 11.4 Å².